The van der Waals surface area contributed by atoms with Crippen LogP contribution in [0.1, 0.15) is 25.1 Å². The molecule has 0 spiro atoms. The van der Waals surface area contributed by atoms with E-state index in [0.717, 1.165) is 18.7 Å². The van der Waals surface area contributed by atoms with Crippen LogP contribution in [0.4, 0.5) is 5.82 Å². The van der Waals surface area contributed by atoms with E-state index in [2.05, 4.69) is 25.8 Å². The number of hydrogen-bond donors (Lipinski definition) is 2. The van der Waals surface area contributed by atoms with Crippen LogP contribution in [0.5, 0.6) is 0 Å². The third-order valence-corrected chi connectivity index (χ3v) is 3.08. The standard InChI is InChI=1S/C12H16N6O/c1-8-16-17-12-11(14-6-7-18(8)12)13-5-4-10(19)15-9-2-3-9/h6-7,9H,2-5H2,1H3,(H,13,14)(H,15,19). The summed E-state index contributed by atoms with van der Waals surface area (Å²) in [6, 6.07) is 0.410. The molecule has 0 bridgehead atoms. The van der Waals surface area contributed by atoms with Gasteiger partial charge in [-0.15, -0.1) is 10.2 Å². The summed E-state index contributed by atoms with van der Waals surface area (Å²) in [4.78, 5) is 15.8. The largest absolute Gasteiger partial charge is 0.366 e. The van der Waals surface area contributed by atoms with Gasteiger partial charge in [0.15, 0.2) is 5.82 Å². The maximum absolute atomic E-state index is 11.5. The maximum Gasteiger partial charge on any atom is 0.221 e. The molecule has 100 valence electrons. The summed E-state index contributed by atoms with van der Waals surface area (Å²) in [6.45, 7) is 2.42. The molecular formula is C12H16N6O. The van der Waals surface area contributed by atoms with Crippen LogP contribution >= 0.6 is 0 Å². The summed E-state index contributed by atoms with van der Waals surface area (Å²) >= 11 is 0. The molecule has 1 amide bonds. The van der Waals surface area contributed by atoms with Gasteiger partial charge in [-0.3, -0.25) is 9.20 Å². The fraction of sp³-hybridized carbons (Fsp3) is 0.500. The molecule has 3 rings (SSSR count). The van der Waals surface area contributed by atoms with Gasteiger partial charge in [0.25, 0.3) is 0 Å². The van der Waals surface area contributed by atoms with Crippen molar-refractivity contribution in [3.63, 3.8) is 0 Å². The second-order valence-electron chi connectivity index (χ2n) is 4.74. The lowest BCUT2D eigenvalue weighted by atomic mass is 10.4. The van der Waals surface area contributed by atoms with Crippen molar-refractivity contribution in [3.8, 4) is 0 Å². The van der Waals surface area contributed by atoms with Crippen LogP contribution in [-0.4, -0.2) is 38.1 Å². The number of fused-ring (bicyclic) bond motifs is 1. The molecule has 0 atom stereocenters. The van der Waals surface area contributed by atoms with E-state index in [4.69, 9.17) is 0 Å². The predicted molar refractivity (Wildman–Crippen MR) is 69.8 cm³/mol. The molecule has 2 aromatic rings. The van der Waals surface area contributed by atoms with Gasteiger partial charge in [-0.2, -0.15) is 0 Å². The molecule has 7 heteroatoms. The summed E-state index contributed by atoms with van der Waals surface area (Å²) in [6.07, 6.45) is 6.16. The minimum Gasteiger partial charge on any atom is -0.366 e. The van der Waals surface area contributed by atoms with Crippen molar-refractivity contribution in [2.24, 2.45) is 0 Å². The van der Waals surface area contributed by atoms with Crippen molar-refractivity contribution in [2.75, 3.05) is 11.9 Å². The topological polar surface area (TPSA) is 84.2 Å². The smallest absolute Gasteiger partial charge is 0.221 e. The summed E-state index contributed by atoms with van der Waals surface area (Å²) in [5, 5.41) is 14.1. The van der Waals surface area contributed by atoms with Gasteiger partial charge in [0.05, 0.1) is 0 Å². The van der Waals surface area contributed by atoms with Gasteiger partial charge >= 0.3 is 0 Å². The highest BCUT2D eigenvalue weighted by Gasteiger charge is 2.22. The molecular weight excluding hydrogens is 244 g/mol. The van der Waals surface area contributed by atoms with Gasteiger partial charge in [-0.05, 0) is 19.8 Å². The van der Waals surface area contributed by atoms with Gasteiger partial charge in [-0.1, -0.05) is 0 Å². The van der Waals surface area contributed by atoms with Crippen LogP contribution in [0, 0.1) is 6.92 Å². The molecule has 1 aliphatic carbocycles. The first kappa shape index (κ1) is 11.9. The number of aryl methyl sites for hydroxylation is 1. The minimum absolute atomic E-state index is 0.0830. The van der Waals surface area contributed by atoms with Gasteiger partial charge < -0.3 is 10.6 Å². The summed E-state index contributed by atoms with van der Waals surface area (Å²) in [5.74, 6) is 1.55. The number of nitrogens with one attached hydrogen (secondary N) is 2. The zero-order chi connectivity index (χ0) is 13.2. The fourth-order valence-electron chi connectivity index (χ4n) is 1.89. The lowest BCUT2D eigenvalue weighted by molar-refractivity contribution is -0.120. The molecule has 1 fully saturated rings. The molecule has 2 heterocycles. The zero-order valence-corrected chi connectivity index (χ0v) is 10.8. The number of carbonyl (C=O) groups excluding carboxylic acids is 1. The molecule has 7 nitrogen and oxygen atoms in total. The van der Waals surface area contributed by atoms with Crippen LogP contribution in [-0.2, 0) is 4.79 Å². The van der Waals surface area contributed by atoms with E-state index in [0.29, 0.717) is 30.5 Å². The second kappa shape index (κ2) is 4.83. The Hall–Kier alpha value is -2.18. The Bertz CT molecular complexity index is 603. The molecule has 1 aliphatic rings. The SMILES string of the molecule is Cc1nnc2c(NCCC(=O)NC3CC3)nccn12. The number of anilines is 1. The molecule has 1 saturated carbocycles. The van der Waals surface area contributed by atoms with Crippen molar-refractivity contribution in [3.05, 3.63) is 18.2 Å². The first-order valence-electron chi connectivity index (χ1n) is 6.43. The van der Waals surface area contributed by atoms with E-state index in [9.17, 15) is 4.79 Å². The van der Waals surface area contributed by atoms with Crippen LogP contribution < -0.4 is 10.6 Å². The highest BCUT2D eigenvalue weighted by molar-refractivity contribution is 5.77. The molecule has 0 aliphatic heterocycles. The van der Waals surface area contributed by atoms with E-state index in [1.54, 1.807) is 6.20 Å². The number of aromatic nitrogens is 4. The molecule has 0 unspecified atom stereocenters. The van der Waals surface area contributed by atoms with Crippen LogP contribution in [0.2, 0.25) is 0 Å². The number of rotatable bonds is 5. The average Bonchev–Trinajstić information content (AvgIpc) is 3.12. The Morgan fingerprint density at radius 3 is 3.11 bits per heavy atom. The van der Waals surface area contributed by atoms with E-state index in [1.165, 1.54) is 0 Å². The number of hydrogen-bond acceptors (Lipinski definition) is 5. The van der Waals surface area contributed by atoms with Crippen molar-refractivity contribution in [1.29, 1.82) is 0 Å². The number of nitrogens with zero attached hydrogens (tertiary/aromatic N) is 4. The molecule has 0 aromatic carbocycles. The van der Waals surface area contributed by atoms with E-state index < -0.39 is 0 Å². The quantitative estimate of drug-likeness (QED) is 0.818. The zero-order valence-electron chi connectivity index (χ0n) is 10.8. The molecule has 2 aromatic heterocycles. The number of carbonyl (C=O) groups is 1. The van der Waals surface area contributed by atoms with E-state index in [-0.39, 0.29) is 5.91 Å². The Kier molecular flexibility index (Phi) is 3.02. The lowest BCUT2D eigenvalue weighted by Gasteiger charge is -2.06. The van der Waals surface area contributed by atoms with Crippen LogP contribution in [0.15, 0.2) is 12.4 Å². The Morgan fingerprint density at radius 1 is 1.47 bits per heavy atom. The average molecular weight is 260 g/mol. The molecule has 19 heavy (non-hydrogen) atoms. The second-order valence-corrected chi connectivity index (χ2v) is 4.74. The van der Waals surface area contributed by atoms with Crippen molar-refractivity contribution in [1.82, 2.24) is 24.9 Å². The third kappa shape index (κ3) is 2.64. The van der Waals surface area contributed by atoms with E-state index >= 15 is 0 Å². The van der Waals surface area contributed by atoms with Gasteiger partial charge in [-0.25, -0.2) is 4.98 Å². The van der Waals surface area contributed by atoms with Gasteiger partial charge in [0.1, 0.15) is 5.82 Å². The predicted octanol–water partition coefficient (Wildman–Crippen LogP) is 0.513. The Morgan fingerprint density at radius 2 is 2.32 bits per heavy atom. The summed E-state index contributed by atoms with van der Waals surface area (Å²) in [7, 11) is 0. The first-order valence-corrected chi connectivity index (χ1v) is 6.43. The maximum atomic E-state index is 11.5. The fourth-order valence-corrected chi connectivity index (χ4v) is 1.89. The van der Waals surface area contributed by atoms with Crippen molar-refractivity contribution < 1.29 is 4.79 Å². The minimum atomic E-state index is 0.0830. The Balaban J connectivity index is 1.60. The molecule has 0 radical (unpaired) electrons. The normalized spacial score (nSPS) is 14.6. The van der Waals surface area contributed by atoms with Crippen LogP contribution in [0.3, 0.4) is 0 Å². The summed E-state index contributed by atoms with van der Waals surface area (Å²) in [5.41, 5.74) is 0.683. The van der Waals surface area contributed by atoms with E-state index in [1.807, 2.05) is 17.5 Å². The number of amides is 1. The van der Waals surface area contributed by atoms with Crippen LogP contribution in [0.25, 0.3) is 5.65 Å². The Labute approximate surface area is 110 Å². The third-order valence-electron chi connectivity index (χ3n) is 3.08. The molecule has 2 N–H and O–H groups in total. The first-order chi connectivity index (χ1) is 9.24. The molecule has 0 saturated heterocycles. The van der Waals surface area contributed by atoms with Gasteiger partial charge in [0, 0.05) is 31.4 Å². The van der Waals surface area contributed by atoms with Gasteiger partial charge in [0.2, 0.25) is 11.6 Å². The highest BCUT2D eigenvalue weighted by Crippen LogP contribution is 2.18. The monoisotopic (exact) mass is 260 g/mol. The van der Waals surface area contributed by atoms with Crippen molar-refractivity contribution >= 4 is 17.4 Å². The highest BCUT2D eigenvalue weighted by atomic mass is 16.1. The summed E-state index contributed by atoms with van der Waals surface area (Å²) < 4.78 is 1.86. The van der Waals surface area contributed by atoms with Crippen molar-refractivity contribution in [2.45, 2.75) is 32.2 Å². The lowest BCUT2D eigenvalue weighted by Crippen LogP contribution is -2.27.